The number of nitrogens with one attached hydrogen (secondary N) is 1. The Bertz CT molecular complexity index is 466. The van der Waals surface area contributed by atoms with Crippen LogP contribution >= 0.6 is 0 Å². The van der Waals surface area contributed by atoms with Crippen molar-refractivity contribution in [2.24, 2.45) is 11.8 Å². The molecule has 4 heteroatoms. The van der Waals surface area contributed by atoms with Crippen molar-refractivity contribution in [3.8, 4) is 0 Å². The standard InChI is InChI=1S/C16H24N2O2/c1-11-2-4-12(5-3-11)8-9-18-15-10-13(16(19)20)6-7-14(15)17/h6-7,10-12,18H,2-5,8-9,17H2,1H3,(H,19,20). The fraction of sp³-hybridized carbons (Fsp3) is 0.562. The summed E-state index contributed by atoms with van der Waals surface area (Å²) in [6.45, 7) is 3.18. The number of aromatic carboxylic acids is 1. The smallest absolute Gasteiger partial charge is 0.335 e. The van der Waals surface area contributed by atoms with Gasteiger partial charge in [-0.25, -0.2) is 4.79 Å². The van der Waals surface area contributed by atoms with Crippen LogP contribution in [0.4, 0.5) is 11.4 Å². The summed E-state index contributed by atoms with van der Waals surface area (Å²) >= 11 is 0. The number of nitrogen functional groups attached to an aromatic ring is 1. The molecule has 20 heavy (non-hydrogen) atoms. The van der Waals surface area contributed by atoms with Gasteiger partial charge in [0.2, 0.25) is 0 Å². The van der Waals surface area contributed by atoms with Crippen LogP contribution in [0.2, 0.25) is 0 Å². The van der Waals surface area contributed by atoms with Gasteiger partial charge in [-0.3, -0.25) is 0 Å². The first kappa shape index (κ1) is 14.7. The minimum absolute atomic E-state index is 0.271. The highest BCUT2D eigenvalue weighted by Crippen LogP contribution is 2.30. The molecule has 1 saturated carbocycles. The molecule has 4 N–H and O–H groups in total. The van der Waals surface area contributed by atoms with Gasteiger partial charge in [-0.1, -0.05) is 32.6 Å². The normalized spacial score (nSPS) is 22.4. The maximum Gasteiger partial charge on any atom is 0.335 e. The van der Waals surface area contributed by atoms with E-state index in [0.717, 1.165) is 30.5 Å². The number of benzene rings is 1. The van der Waals surface area contributed by atoms with Crippen LogP contribution in [0.3, 0.4) is 0 Å². The lowest BCUT2D eigenvalue weighted by Crippen LogP contribution is -2.16. The molecule has 1 aromatic carbocycles. The van der Waals surface area contributed by atoms with Crippen molar-refractivity contribution in [2.75, 3.05) is 17.6 Å². The van der Waals surface area contributed by atoms with Gasteiger partial charge in [0.25, 0.3) is 0 Å². The number of hydrogen-bond donors (Lipinski definition) is 3. The van der Waals surface area contributed by atoms with Crippen LogP contribution in [0.5, 0.6) is 0 Å². The summed E-state index contributed by atoms with van der Waals surface area (Å²) in [6, 6.07) is 4.79. The molecule has 1 aliphatic rings. The molecule has 0 saturated heterocycles. The van der Waals surface area contributed by atoms with E-state index in [1.54, 1.807) is 12.1 Å². The second-order valence-electron chi connectivity index (χ2n) is 5.95. The van der Waals surface area contributed by atoms with Crippen LogP contribution in [0.25, 0.3) is 0 Å². The van der Waals surface area contributed by atoms with E-state index in [1.807, 2.05) is 0 Å². The number of anilines is 2. The lowest BCUT2D eigenvalue weighted by atomic mass is 9.81. The van der Waals surface area contributed by atoms with Gasteiger partial charge >= 0.3 is 5.97 Å². The average Bonchev–Trinajstić information content (AvgIpc) is 2.43. The molecule has 0 spiro atoms. The second kappa shape index (κ2) is 6.64. The Morgan fingerprint density at radius 2 is 2.05 bits per heavy atom. The van der Waals surface area contributed by atoms with Gasteiger partial charge < -0.3 is 16.2 Å². The van der Waals surface area contributed by atoms with Crippen molar-refractivity contribution in [1.29, 1.82) is 0 Å². The third-order valence-electron chi connectivity index (χ3n) is 4.30. The fourth-order valence-corrected chi connectivity index (χ4v) is 2.87. The molecule has 0 amide bonds. The van der Waals surface area contributed by atoms with E-state index in [1.165, 1.54) is 31.7 Å². The predicted octanol–water partition coefficient (Wildman–Crippen LogP) is 3.60. The van der Waals surface area contributed by atoms with Crippen LogP contribution in [0.1, 0.15) is 49.4 Å². The first-order valence-corrected chi connectivity index (χ1v) is 7.43. The third kappa shape index (κ3) is 3.89. The van der Waals surface area contributed by atoms with E-state index in [4.69, 9.17) is 10.8 Å². The predicted molar refractivity (Wildman–Crippen MR) is 82.0 cm³/mol. The fourth-order valence-electron chi connectivity index (χ4n) is 2.87. The van der Waals surface area contributed by atoms with Crippen LogP contribution in [-0.4, -0.2) is 17.6 Å². The summed E-state index contributed by atoms with van der Waals surface area (Å²) in [5.41, 5.74) is 7.48. The van der Waals surface area contributed by atoms with Crippen LogP contribution in [0, 0.1) is 11.8 Å². The van der Waals surface area contributed by atoms with E-state index in [2.05, 4.69) is 12.2 Å². The molecule has 1 fully saturated rings. The minimum Gasteiger partial charge on any atom is -0.478 e. The highest BCUT2D eigenvalue weighted by molar-refractivity contribution is 5.90. The molecule has 0 bridgehead atoms. The van der Waals surface area contributed by atoms with Crippen LogP contribution in [0.15, 0.2) is 18.2 Å². The Morgan fingerprint density at radius 3 is 2.70 bits per heavy atom. The van der Waals surface area contributed by atoms with Gasteiger partial charge in [-0.15, -0.1) is 0 Å². The van der Waals surface area contributed by atoms with Crippen molar-refractivity contribution in [3.05, 3.63) is 23.8 Å². The Labute approximate surface area is 120 Å². The molecule has 0 aliphatic heterocycles. The highest BCUT2D eigenvalue weighted by Gasteiger charge is 2.17. The van der Waals surface area contributed by atoms with Gasteiger partial charge in [-0.2, -0.15) is 0 Å². The van der Waals surface area contributed by atoms with Crippen molar-refractivity contribution < 1.29 is 9.90 Å². The summed E-state index contributed by atoms with van der Waals surface area (Å²) in [5, 5.41) is 12.3. The molecular formula is C16H24N2O2. The SMILES string of the molecule is CC1CCC(CCNc2cc(C(=O)O)ccc2N)CC1. The Morgan fingerprint density at radius 1 is 1.35 bits per heavy atom. The number of hydrogen-bond acceptors (Lipinski definition) is 3. The summed E-state index contributed by atoms with van der Waals surface area (Å²) in [7, 11) is 0. The third-order valence-corrected chi connectivity index (χ3v) is 4.30. The highest BCUT2D eigenvalue weighted by atomic mass is 16.4. The molecule has 0 atom stereocenters. The number of nitrogens with two attached hydrogens (primary N) is 1. The summed E-state index contributed by atoms with van der Waals surface area (Å²) in [5.74, 6) is 0.749. The van der Waals surface area contributed by atoms with Crippen molar-refractivity contribution in [2.45, 2.75) is 39.0 Å². The molecular weight excluding hydrogens is 252 g/mol. The molecule has 1 aliphatic carbocycles. The number of carboxylic acids is 1. The Hall–Kier alpha value is -1.71. The first-order valence-electron chi connectivity index (χ1n) is 7.43. The quantitative estimate of drug-likeness (QED) is 0.718. The first-order chi connectivity index (χ1) is 9.56. The molecule has 0 heterocycles. The van der Waals surface area contributed by atoms with E-state index in [9.17, 15) is 4.79 Å². The second-order valence-corrected chi connectivity index (χ2v) is 5.95. The zero-order chi connectivity index (χ0) is 14.5. The van der Waals surface area contributed by atoms with Gasteiger partial charge in [-0.05, 0) is 36.5 Å². The molecule has 110 valence electrons. The van der Waals surface area contributed by atoms with E-state index in [0.29, 0.717) is 5.69 Å². The summed E-state index contributed by atoms with van der Waals surface area (Å²) < 4.78 is 0. The van der Waals surface area contributed by atoms with Gasteiger partial charge in [0, 0.05) is 6.54 Å². The van der Waals surface area contributed by atoms with Crippen LogP contribution in [-0.2, 0) is 0 Å². The topological polar surface area (TPSA) is 75.3 Å². The molecule has 0 unspecified atom stereocenters. The van der Waals surface area contributed by atoms with Crippen LogP contribution < -0.4 is 11.1 Å². The van der Waals surface area contributed by atoms with E-state index >= 15 is 0 Å². The molecule has 2 rings (SSSR count). The van der Waals surface area contributed by atoms with Gasteiger partial charge in [0.15, 0.2) is 0 Å². The Kier molecular flexibility index (Phi) is 4.88. The largest absolute Gasteiger partial charge is 0.478 e. The zero-order valence-electron chi connectivity index (χ0n) is 12.1. The zero-order valence-corrected chi connectivity index (χ0v) is 12.1. The number of carbonyl (C=O) groups is 1. The minimum atomic E-state index is -0.922. The van der Waals surface area contributed by atoms with Gasteiger partial charge in [0.05, 0.1) is 16.9 Å². The van der Waals surface area contributed by atoms with Gasteiger partial charge in [0.1, 0.15) is 0 Å². The molecule has 0 aromatic heterocycles. The number of carboxylic acid groups (broad SMARTS) is 1. The average molecular weight is 276 g/mol. The molecule has 4 nitrogen and oxygen atoms in total. The summed E-state index contributed by atoms with van der Waals surface area (Å²) in [6.07, 6.45) is 6.42. The monoisotopic (exact) mass is 276 g/mol. The van der Waals surface area contributed by atoms with E-state index < -0.39 is 5.97 Å². The van der Waals surface area contributed by atoms with Crippen molar-refractivity contribution in [3.63, 3.8) is 0 Å². The maximum absolute atomic E-state index is 10.9. The maximum atomic E-state index is 10.9. The van der Waals surface area contributed by atoms with E-state index in [-0.39, 0.29) is 5.56 Å². The van der Waals surface area contributed by atoms with Crippen molar-refractivity contribution >= 4 is 17.3 Å². The lowest BCUT2D eigenvalue weighted by molar-refractivity contribution is 0.0697. The summed E-state index contributed by atoms with van der Waals surface area (Å²) in [4.78, 5) is 10.9. The number of rotatable bonds is 5. The molecule has 1 aromatic rings. The lowest BCUT2D eigenvalue weighted by Gasteiger charge is -2.26. The molecule has 0 radical (unpaired) electrons. The van der Waals surface area contributed by atoms with Crippen molar-refractivity contribution in [1.82, 2.24) is 0 Å². The Balaban J connectivity index is 1.84.